The number of nitrogens with two attached hydrogens (primary N) is 1. The molecule has 0 aromatic carbocycles. The quantitative estimate of drug-likeness (QED) is 0.738. The van der Waals surface area contributed by atoms with Crippen molar-refractivity contribution >= 4 is 5.91 Å². The van der Waals surface area contributed by atoms with E-state index in [0.717, 1.165) is 0 Å². The molecule has 0 radical (unpaired) electrons. The lowest BCUT2D eigenvalue weighted by molar-refractivity contribution is -0.133. The van der Waals surface area contributed by atoms with Gasteiger partial charge in [-0.1, -0.05) is 27.7 Å². The highest BCUT2D eigenvalue weighted by Gasteiger charge is 2.24. The molecule has 0 aliphatic heterocycles. The lowest BCUT2D eigenvalue weighted by Crippen LogP contribution is -2.39. The van der Waals surface area contributed by atoms with Crippen LogP contribution >= 0.6 is 0 Å². The van der Waals surface area contributed by atoms with Gasteiger partial charge in [0, 0.05) is 33.2 Å². The summed E-state index contributed by atoms with van der Waals surface area (Å²) in [6.07, 6.45) is 0.577. The summed E-state index contributed by atoms with van der Waals surface area (Å²) in [5.74, 6) is 0.535. The van der Waals surface area contributed by atoms with Crippen LogP contribution in [-0.2, 0) is 9.53 Å². The van der Waals surface area contributed by atoms with Crippen molar-refractivity contribution in [3.05, 3.63) is 0 Å². The lowest BCUT2D eigenvalue weighted by atomic mass is 9.80. The summed E-state index contributed by atoms with van der Waals surface area (Å²) in [6, 6.07) is 0. The van der Waals surface area contributed by atoms with E-state index in [0.29, 0.717) is 38.6 Å². The molecule has 0 rings (SSSR count). The van der Waals surface area contributed by atoms with Gasteiger partial charge in [0.1, 0.15) is 0 Å². The number of methoxy groups -OCH3 is 1. The highest BCUT2D eigenvalue weighted by molar-refractivity contribution is 5.76. The molecule has 0 bridgehead atoms. The van der Waals surface area contributed by atoms with E-state index in [-0.39, 0.29) is 11.3 Å². The third kappa shape index (κ3) is 6.64. The largest absolute Gasteiger partial charge is 0.383 e. The molecule has 4 nitrogen and oxygen atoms in total. The van der Waals surface area contributed by atoms with E-state index in [1.54, 1.807) is 12.0 Å². The summed E-state index contributed by atoms with van der Waals surface area (Å²) >= 11 is 0. The van der Waals surface area contributed by atoms with E-state index < -0.39 is 0 Å². The predicted molar refractivity (Wildman–Crippen MR) is 70.7 cm³/mol. The number of carbonyl (C=O) groups is 1. The van der Waals surface area contributed by atoms with Crippen molar-refractivity contribution in [1.29, 1.82) is 0 Å². The van der Waals surface area contributed by atoms with Gasteiger partial charge in [-0.2, -0.15) is 0 Å². The maximum Gasteiger partial charge on any atom is 0.222 e. The molecule has 0 spiro atoms. The first-order valence-corrected chi connectivity index (χ1v) is 6.29. The Labute approximate surface area is 105 Å². The highest BCUT2D eigenvalue weighted by Crippen LogP contribution is 2.28. The van der Waals surface area contributed by atoms with Crippen LogP contribution in [0.25, 0.3) is 0 Å². The second-order valence-corrected chi connectivity index (χ2v) is 5.63. The van der Waals surface area contributed by atoms with Crippen molar-refractivity contribution in [3.8, 4) is 0 Å². The average Bonchev–Trinajstić information content (AvgIpc) is 2.22. The Balaban J connectivity index is 4.31. The Morgan fingerprint density at radius 2 is 1.94 bits per heavy atom. The van der Waals surface area contributed by atoms with Crippen LogP contribution < -0.4 is 5.73 Å². The first-order valence-electron chi connectivity index (χ1n) is 6.29. The van der Waals surface area contributed by atoms with Gasteiger partial charge in [0.25, 0.3) is 0 Å². The molecule has 0 aliphatic rings. The number of hydrogen-bond donors (Lipinski definition) is 1. The minimum atomic E-state index is 0.158. The van der Waals surface area contributed by atoms with Gasteiger partial charge in [0.05, 0.1) is 6.61 Å². The van der Waals surface area contributed by atoms with Crippen molar-refractivity contribution < 1.29 is 9.53 Å². The van der Waals surface area contributed by atoms with Gasteiger partial charge in [-0.15, -0.1) is 0 Å². The van der Waals surface area contributed by atoms with Crippen molar-refractivity contribution in [2.24, 2.45) is 17.1 Å². The minimum absolute atomic E-state index is 0.158. The van der Waals surface area contributed by atoms with Crippen LogP contribution in [0.3, 0.4) is 0 Å². The van der Waals surface area contributed by atoms with Gasteiger partial charge < -0.3 is 15.4 Å². The Morgan fingerprint density at radius 1 is 1.35 bits per heavy atom. The summed E-state index contributed by atoms with van der Waals surface area (Å²) in [5.41, 5.74) is 5.68. The predicted octanol–water partition coefficient (Wildman–Crippen LogP) is 1.49. The van der Waals surface area contributed by atoms with Crippen molar-refractivity contribution in [2.75, 3.05) is 33.4 Å². The lowest BCUT2D eigenvalue weighted by Gasteiger charge is -2.29. The number of carbonyl (C=O) groups excluding carboxylic acids is 1. The van der Waals surface area contributed by atoms with Gasteiger partial charge in [-0.05, 0) is 11.3 Å². The second kappa shape index (κ2) is 7.67. The van der Waals surface area contributed by atoms with Crippen LogP contribution in [0.4, 0.5) is 0 Å². The van der Waals surface area contributed by atoms with Gasteiger partial charge in [0.2, 0.25) is 5.91 Å². The molecule has 0 heterocycles. The molecule has 0 saturated carbocycles. The molecule has 102 valence electrons. The molecule has 0 aliphatic carbocycles. The molecule has 0 fully saturated rings. The van der Waals surface area contributed by atoms with Crippen LogP contribution in [0, 0.1) is 11.3 Å². The zero-order chi connectivity index (χ0) is 13.5. The smallest absolute Gasteiger partial charge is 0.222 e. The van der Waals surface area contributed by atoms with Crippen LogP contribution in [0.1, 0.15) is 34.1 Å². The van der Waals surface area contributed by atoms with Crippen molar-refractivity contribution in [2.45, 2.75) is 34.1 Å². The Hall–Kier alpha value is -0.610. The molecule has 1 unspecified atom stereocenters. The van der Waals surface area contributed by atoms with E-state index in [1.807, 2.05) is 0 Å². The van der Waals surface area contributed by atoms with Crippen LogP contribution in [-0.4, -0.2) is 44.2 Å². The molecule has 17 heavy (non-hydrogen) atoms. The van der Waals surface area contributed by atoms with Crippen LogP contribution in [0.15, 0.2) is 0 Å². The summed E-state index contributed by atoms with van der Waals surface area (Å²) in [5, 5.41) is 0. The molecule has 0 aromatic heterocycles. The summed E-state index contributed by atoms with van der Waals surface area (Å²) in [6.45, 7) is 10.9. The summed E-state index contributed by atoms with van der Waals surface area (Å²) < 4.78 is 5.01. The fraction of sp³-hybridized carbons (Fsp3) is 0.923. The molecule has 0 saturated heterocycles. The summed E-state index contributed by atoms with van der Waals surface area (Å²) in [7, 11) is 1.64. The van der Waals surface area contributed by atoms with Crippen molar-refractivity contribution in [3.63, 3.8) is 0 Å². The Bertz CT molecular complexity index is 224. The van der Waals surface area contributed by atoms with E-state index in [2.05, 4.69) is 27.7 Å². The third-order valence-corrected chi connectivity index (χ3v) is 3.28. The molecular weight excluding hydrogens is 216 g/mol. The van der Waals surface area contributed by atoms with Gasteiger partial charge in [0.15, 0.2) is 0 Å². The first-order chi connectivity index (χ1) is 7.82. The van der Waals surface area contributed by atoms with E-state index in [4.69, 9.17) is 10.5 Å². The average molecular weight is 244 g/mol. The number of nitrogens with zero attached hydrogens (tertiary/aromatic N) is 1. The maximum atomic E-state index is 12.1. The molecule has 4 heteroatoms. The number of rotatable bonds is 7. The van der Waals surface area contributed by atoms with Gasteiger partial charge in [-0.3, -0.25) is 4.79 Å². The number of ether oxygens (including phenoxy) is 1. The molecule has 2 N–H and O–H groups in total. The normalized spacial score (nSPS) is 13.5. The monoisotopic (exact) mass is 244 g/mol. The Kier molecular flexibility index (Phi) is 7.39. The fourth-order valence-corrected chi connectivity index (χ4v) is 1.42. The maximum absolute atomic E-state index is 12.1. The molecular formula is C13H28N2O2. The zero-order valence-electron chi connectivity index (χ0n) is 12.0. The van der Waals surface area contributed by atoms with Gasteiger partial charge >= 0.3 is 0 Å². The van der Waals surface area contributed by atoms with E-state index in [1.165, 1.54) is 0 Å². The summed E-state index contributed by atoms with van der Waals surface area (Å²) in [4.78, 5) is 13.9. The van der Waals surface area contributed by atoms with Crippen LogP contribution in [0.5, 0.6) is 0 Å². The molecule has 0 aromatic rings. The number of hydrogen-bond acceptors (Lipinski definition) is 3. The standard InChI is InChI=1S/C13H28N2O2/c1-11(13(2,3)4)10-12(16)15(7-6-14)8-9-17-5/h11H,6-10,14H2,1-5H3. The highest BCUT2D eigenvalue weighted by atomic mass is 16.5. The third-order valence-electron chi connectivity index (χ3n) is 3.28. The second-order valence-electron chi connectivity index (χ2n) is 5.63. The van der Waals surface area contributed by atoms with Crippen molar-refractivity contribution in [1.82, 2.24) is 4.90 Å². The van der Waals surface area contributed by atoms with Crippen LogP contribution in [0.2, 0.25) is 0 Å². The molecule has 1 atom stereocenters. The number of amides is 1. The van der Waals surface area contributed by atoms with E-state index in [9.17, 15) is 4.79 Å². The zero-order valence-corrected chi connectivity index (χ0v) is 12.0. The Morgan fingerprint density at radius 3 is 2.35 bits per heavy atom. The minimum Gasteiger partial charge on any atom is -0.383 e. The van der Waals surface area contributed by atoms with Gasteiger partial charge in [-0.25, -0.2) is 0 Å². The molecule has 1 amide bonds. The SMILES string of the molecule is COCCN(CCN)C(=O)CC(C)C(C)(C)C. The first kappa shape index (κ1) is 16.4. The van der Waals surface area contributed by atoms with E-state index >= 15 is 0 Å². The fourth-order valence-electron chi connectivity index (χ4n) is 1.42. The topological polar surface area (TPSA) is 55.6 Å².